The zero-order chi connectivity index (χ0) is 21.6. The van der Waals surface area contributed by atoms with Crippen LogP contribution in [0.25, 0.3) is 0 Å². The minimum Gasteiger partial charge on any atom is -0.462 e. The van der Waals surface area contributed by atoms with Crippen LogP contribution in [0.15, 0.2) is 42.0 Å². The largest absolute Gasteiger partial charge is 0.462 e. The number of fused-ring (bicyclic) bond motifs is 5. The predicted octanol–water partition coefficient (Wildman–Crippen LogP) is 6.06. The first-order valence-electron chi connectivity index (χ1n) is 12.4. The van der Waals surface area contributed by atoms with Gasteiger partial charge in [-0.15, -0.1) is 0 Å². The minimum atomic E-state index is -0.0375. The van der Waals surface area contributed by atoms with Gasteiger partial charge in [-0.3, -0.25) is 9.59 Å². The van der Waals surface area contributed by atoms with Gasteiger partial charge in [0.15, 0.2) is 5.78 Å². The molecule has 4 aliphatic carbocycles. The number of carbonyl (C=O) groups is 2. The van der Waals surface area contributed by atoms with Crippen molar-refractivity contribution in [3.05, 3.63) is 47.5 Å². The number of ether oxygens (including phenoxy) is 1. The Hall–Kier alpha value is -1.90. The van der Waals surface area contributed by atoms with Crippen LogP contribution in [-0.2, 0) is 20.7 Å². The molecule has 0 saturated heterocycles. The van der Waals surface area contributed by atoms with Gasteiger partial charge >= 0.3 is 5.97 Å². The zero-order valence-corrected chi connectivity index (χ0v) is 19.1. The molecule has 6 atom stereocenters. The first-order valence-corrected chi connectivity index (χ1v) is 12.4. The molecule has 1 aromatic rings. The lowest BCUT2D eigenvalue weighted by Gasteiger charge is -2.57. The first kappa shape index (κ1) is 21.0. The summed E-state index contributed by atoms with van der Waals surface area (Å²) in [7, 11) is 0. The Morgan fingerprint density at radius 2 is 1.81 bits per heavy atom. The fourth-order valence-corrected chi connectivity index (χ4v) is 7.81. The fraction of sp³-hybridized carbons (Fsp3) is 0.643. The predicted molar refractivity (Wildman–Crippen MR) is 121 cm³/mol. The average molecular weight is 421 g/mol. The van der Waals surface area contributed by atoms with Gasteiger partial charge in [-0.05, 0) is 86.2 Å². The molecular formula is C28H36O3. The Morgan fingerprint density at radius 3 is 2.61 bits per heavy atom. The second-order valence-electron chi connectivity index (χ2n) is 11.1. The van der Waals surface area contributed by atoms with Crippen molar-refractivity contribution in [1.29, 1.82) is 0 Å². The summed E-state index contributed by atoms with van der Waals surface area (Å²) in [6, 6.07) is 10.2. The Labute approximate surface area is 186 Å². The Bertz CT molecular complexity index is 887. The third-order valence-electron chi connectivity index (χ3n) is 9.61. The van der Waals surface area contributed by atoms with Gasteiger partial charge in [0.2, 0.25) is 0 Å². The normalized spacial score (nSPS) is 39.2. The van der Waals surface area contributed by atoms with E-state index in [1.807, 2.05) is 24.3 Å². The second kappa shape index (κ2) is 7.90. The maximum absolute atomic E-state index is 12.7. The van der Waals surface area contributed by atoms with Crippen LogP contribution >= 0.6 is 0 Å². The van der Waals surface area contributed by atoms with Gasteiger partial charge in [0.05, 0.1) is 0 Å². The summed E-state index contributed by atoms with van der Waals surface area (Å²) < 4.78 is 6.14. The van der Waals surface area contributed by atoms with E-state index in [1.54, 1.807) is 0 Å². The summed E-state index contributed by atoms with van der Waals surface area (Å²) in [4.78, 5) is 24.7. The summed E-state index contributed by atoms with van der Waals surface area (Å²) >= 11 is 0. The monoisotopic (exact) mass is 420 g/mol. The highest BCUT2D eigenvalue weighted by Gasteiger charge is 2.59. The molecule has 3 fully saturated rings. The van der Waals surface area contributed by atoms with E-state index in [0.717, 1.165) is 32.1 Å². The van der Waals surface area contributed by atoms with E-state index in [-0.39, 0.29) is 22.9 Å². The second-order valence-corrected chi connectivity index (χ2v) is 11.1. The molecule has 0 aliphatic heterocycles. The fourth-order valence-electron chi connectivity index (χ4n) is 7.81. The molecule has 0 unspecified atom stereocenters. The van der Waals surface area contributed by atoms with Crippen LogP contribution in [-0.4, -0.2) is 17.9 Å². The van der Waals surface area contributed by atoms with Gasteiger partial charge in [-0.2, -0.15) is 0 Å². The van der Waals surface area contributed by atoms with E-state index < -0.39 is 0 Å². The molecule has 0 heterocycles. The number of hydrogen-bond donors (Lipinski definition) is 0. The van der Waals surface area contributed by atoms with Crippen molar-refractivity contribution in [2.24, 2.45) is 28.6 Å². The van der Waals surface area contributed by atoms with Crippen molar-refractivity contribution >= 4 is 11.8 Å². The number of allylic oxidation sites excluding steroid dienone is 1. The third-order valence-corrected chi connectivity index (χ3v) is 9.61. The molecule has 0 aromatic heterocycles. The summed E-state index contributed by atoms with van der Waals surface area (Å²) in [6.07, 6.45) is 11.8. The third kappa shape index (κ3) is 3.58. The molecule has 1 aromatic carbocycles. The Balaban J connectivity index is 1.26. The van der Waals surface area contributed by atoms with Gasteiger partial charge in [-0.1, -0.05) is 49.8 Å². The maximum atomic E-state index is 12.7. The molecule has 31 heavy (non-hydrogen) atoms. The van der Waals surface area contributed by atoms with Crippen LogP contribution in [0.1, 0.15) is 77.2 Å². The molecule has 3 nitrogen and oxygen atoms in total. The molecule has 0 N–H and O–H groups in total. The average Bonchev–Trinajstić information content (AvgIpc) is 3.10. The quantitative estimate of drug-likeness (QED) is 0.556. The Kier molecular flexibility index (Phi) is 5.35. The summed E-state index contributed by atoms with van der Waals surface area (Å²) in [6.45, 7) is 4.83. The molecule has 0 amide bonds. The summed E-state index contributed by atoms with van der Waals surface area (Å²) in [5, 5.41) is 0. The van der Waals surface area contributed by atoms with E-state index in [9.17, 15) is 9.59 Å². The topological polar surface area (TPSA) is 43.4 Å². The molecule has 0 radical (unpaired) electrons. The SMILES string of the molecule is C[C@]12CC[C@@H]3[C@@H](CCC4=CC(=O)CC[C@@]43C)[C@@H]1CC[C@H]2OC(=O)CCc1ccccc1. The van der Waals surface area contributed by atoms with E-state index in [1.165, 1.54) is 30.4 Å². The number of benzene rings is 1. The van der Waals surface area contributed by atoms with E-state index in [2.05, 4.69) is 26.0 Å². The van der Waals surface area contributed by atoms with Crippen molar-refractivity contribution in [2.45, 2.75) is 84.2 Å². The maximum Gasteiger partial charge on any atom is 0.306 e. The van der Waals surface area contributed by atoms with Crippen LogP contribution in [0.5, 0.6) is 0 Å². The van der Waals surface area contributed by atoms with Gasteiger partial charge in [0, 0.05) is 18.3 Å². The van der Waals surface area contributed by atoms with Crippen LogP contribution in [0, 0.1) is 28.6 Å². The molecular weight excluding hydrogens is 384 g/mol. The standard InChI is InChI=1S/C28H36O3/c1-27-16-14-21(29)18-20(27)9-10-22-23-11-12-25(28(23,2)17-15-24(22)27)31-26(30)13-8-19-6-4-3-5-7-19/h3-7,18,22-25H,8-17H2,1-2H3/t22-,23-,24+,25+,27-,28-/m0/s1. The Morgan fingerprint density at radius 1 is 1.00 bits per heavy atom. The van der Waals surface area contributed by atoms with Gasteiger partial charge in [0.25, 0.3) is 0 Å². The smallest absolute Gasteiger partial charge is 0.306 e. The van der Waals surface area contributed by atoms with Crippen molar-refractivity contribution in [3.63, 3.8) is 0 Å². The molecule has 3 saturated carbocycles. The van der Waals surface area contributed by atoms with Crippen LogP contribution in [0.3, 0.4) is 0 Å². The first-order chi connectivity index (χ1) is 14.9. The lowest BCUT2D eigenvalue weighted by Crippen LogP contribution is -2.51. The minimum absolute atomic E-state index is 0.0375. The van der Waals surface area contributed by atoms with Crippen LogP contribution in [0.2, 0.25) is 0 Å². The number of rotatable bonds is 4. The zero-order valence-electron chi connectivity index (χ0n) is 19.1. The summed E-state index contributed by atoms with van der Waals surface area (Å²) in [5.74, 6) is 2.34. The van der Waals surface area contributed by atoms with Crippen molar-refractivity contribution in [1.82, 2.24) is 0 Å². The highest BCUT2D eigenvalue weighted by molar-refractivity contribution is 5.91. The molecule has 166 valence electrons. The molecule has 5 rings (SSSR count). The van der Waals surface area contributed by atoms with Crippen molar-refractivity contribution in [2.75, 3.05) is 0 Å². The highest BCUT2D eigenvalue weighted by atomic mass is 16.5. The number of hydrogen-bond acceptors (Lipinski definition) is 3. The molecule has 0 bridgehead atoms. The van der Waals surface area contributed by atoms with Crippen molar-refractivity contribution < 1.29 is 14.3 Å². The van der Waals surface area contributed by atoms with Gasteiger partial charge in [0.1, 0.15) is 6.10 Å². The van der Waals surface area contributed by atoms with Crippen LogP contribution in [0.4, 0.5) is 0 Å². The lowest BCUT2D eigenvalue weighted by atomic mass is 9.47. The number of carbonyl (C=O) groups excluding carboxylic acids is 2. The number of aryl methyl sites for hydroxylation is 1. The molecule has 0 spiro atoms. The van der Waals surface area contributed by atoms with Gasteiger partial charge in [-0.25, -0.2) is 0 Å². The molecule has 4 aliphatic rings. The van der Waals surface area contributed by atoms with Crippen LogP contribution < -0.4 is 0 Å². The number of ketones is 1. The number of esters is 1. The molecule has 3 heteroatoms. The lowest BCUT2D eigenvalue weighted by molar-refractivity contribution is -0.159. The summed E-state index contributed by atoms with van der Waals surface area (Å²) in [5.41, 5.74) is 2.95. The van der Waals surface area contributed by atoms with E-state index in [4.69, 9.17) is 4.74 Å². The van der Waals surface area contributed by atoms with Crippen molar-refractivity contribution in [3.8, 4) is 0 Å². The highest BCUT2D eigenvalue weighted by Crippen LogP contribution is 2.65. The van der Waals surface area contributed by atoms with E-state index in [0.29, 0.717) is 36.4 Å². The van der Waals surface area contributed by atoms with Gasteiger partial charge < -0.3 is 4.74 Å². The van der Waals surface area contributed by atoms with E-state index >= 15 is 0 Å².